The summed E-state index contributed by atoms with van der Waals surface area (Å²) >= 11 is 5.59. The second-order valence-electron chi connectivity index (χ2n) is 2.09. The Morgan fingerprint density at radius 2 is 2.17 bits per heavy atom. The van der Waals surface area contributed by atoms with Gasteiger partial charge < -0.3 is 9.94 Å². The minimum absolute atomic E-state index is 0.0208. The van der Waals surface area contributed by atoms with Crippen LogP contribution in [-0.4, -0.2) is 17.5 Å². The maximum absolute atomic E-state index is 8.41. The molecule has 0 saturated heterocycles. The molecule has 1 N–H and O–H groups in total. The van der Waals surface area contributed by atoms with Crippen molar-refractivity contribution in [1.82, 2.24) is 0 Å². The lowest BCUT2D eigenvalue weighted by molar-refractivity contribution is 0.320. The van der Waals surface area contributed by atoms with Crippen molar-refractivity contribution in [3.8, 4) is 5.75 Å². The molecule has 0 bridgehead atoms. The highest BCUT2D eigenvalue weighted by atomic mass is 35.5. The van der Waals surface area contributed by atoms with E-state index >= 15 is 0 Å². The van der Waals surface area contributed by atoms with Crippen LogP contribution in [-0.2, 0) is 0 Å². The molecule has 0 aromatic heterocycles. The second kappa shape index (κ2) is 3.97. The quantitative estimate of drug-likeness (QED) is 0.436. The average Bonchev–Trinajstić information content (AvgIpc) is 2.16. The van der Waals surface area contributed by atoms with Gasteiger partial charge in [-0.15, -0.1) is 0 Å². The van der Waals surface area contributed by atoms with Crippen LogP contribution in [0.15, 0.2) is 29.4 Å². The number of ether oxygens (including phenoxy) is 1. The molecule has 0 atom stereocenters. The fourth-order valence-electron chi connectivity index (χ4n) is 0.869. The summed E-state index contributed by atoms with van der Waals surface area (Å²) in [5, 5.41) is 11.3. The zero-order chi connectivity index (χ0) is 8.97. The van der Waals surface area contributed by atoms with Gasteiger partial charge in [0.25, 0.3) is 0 Å². The Morgan fingerprint density at radius 1 is 1.50 bits per heavy atom. The van der Waals surface area contributed by atoms with E-state index in [1.54, 1.807) is 18.2 Å². The smallest absolute Gasteiger partial charge is 0.179 e. The minimum Gasteiger partial charge on any atom is -0.496 e. The standard InChI is InChI=1S/C8H8ClNO2/c1-12-7-5-3-2-4-6(7)8(9)10-11/h2-5,11H,1H3/b10-8-. The number of halogens is 1. The highest BCUT2D eigenvalue weighted by molar-refractivity contribution is 6.69. The number of oxime groups is 1. The topological polar surface area (TPSA) is 41.8 Å². The molecule has 0 radical (unpaired) electrons. The zero-order valence-electron chi connectivity index (χ0n) is 6.49. The van der Waals surface area contributed by atoms with Gasteiger partial charge in [0.2, 0.25) is 0 Å². The van der Waals surface area contributed by atoms with Gasteiger partial charge in [-0.1, -0.05) is 28.9 Å². The summed E-state index contributed by atoms with van der Waals surface area (Å²) in [7, 11) is 1.53. The third-order valence-corrected chi connectivity index (χ3v) is 1.70. The minimum atomic E-state index is 0.0208. The summed E-state index contributed by atoms with van der Waals surface area (Å²) in [4.78, 5) is 0. The first-order valence-electron chi connectivity index (χ1n) is 3.30. The summed E-state index contributed by atoms with van der Waals surface area (Å²) < 4.78 is 4.99. The Morgan fingerprint density at radius 3 is 2.75 bits per heavy atom. The van der Waals surface area contributed by atoms with E-state index in [0.29, 0.717) is 11.3 Å². The highest BCUT2D eigenvalue weighted by Gasteiger charge is 2.06. The van der Waals surface area contributed by atoms with Crippen LogP contribution in [0.2, 0.25) is 0 Å². The zero-order valence-corrected chi connectivity index (χ0v) is 7.25. The van der Waals surface area contributed by atoms with Gasteiger partial charge in [0.1, 0.15) is 5.75 Å². The summed E-state index contributed by atoms with van der Waals surface area (Å²) in [6.45, 7) is 0. The van der Waals surface area contributed by atoms with E-state index in [4.69, 9.17) is 21.5 Å². The van der Waals surface area contributed by atoms with Crippen molar-refractivity contribution >= 4 is 16.8 Å². The van der Waals surface area contributed by atoms with E-state index in [2.05, 4.69) is 5.16 Å². The molecule has 0 aliphatic carbocycles. The SMILES string of the molecule is COc1ccccc1/C(Cl)=N/O. The first-order chi connectivity index (χ1) is 5.79. The van der Waals surface area contributed by atoms with Crippen molar-refractivity contribution in [1.29, 1.82) is 0 Å². The number of hydrogen-bond acceptors (Lipinski definition) is 3. The van der Waals surface area contributed by atoms with Gasteiger partial charge in [-0.2, -0.15) is 0 Å². The number of methoxy groups -OCH3 is 1. The lowest BCUT2D eigenvalue weighted by atomic mass is 10.2. The molecule has 0 aliphatic heterocycles. The molecule has 12 heavy (non-hydrogen) atoms. The fourth-order valence-corrected chi connectivity index (χ4v) is 1.03. The first-order valence-corrected chi connectivity index (χ1v) is 3.68. The molecule has 1 rings (SSSR count). The van der Waals surface area contributed by atoms with Crippen LogP contribution in [0.5, 0.6) is 5.75 Å². The normalized spacial score (nSPS) is 11.3. The molecule has 3 nitrogen and oxygen atoms in total. The van der Waals surface area contributed by atoms with E-state index in [1.807, 2.05) is 6.07 Å². The molecule has 0 heterocycles. The van der Waals surface area contributed by atoms with Gasteiger partial charge >= 0.3 is 0 Å². The van der Waals surface area contributed by atoms with Crippen LogP contribution >= 0.6 is 11.6 Å². The third kappa shape index (κ3) is 1.68. The number of rotatable bonds is 2. The monoisotopic (exact) mass is 185 g/mol. The van der Waals surface area contributed by atoms with Crippen molar-refractivity contribution in [3.05, 3.63) is 29.8 Å². The van der Waals surface area contributed by atoms with Gasteiger partial charge in [0.15, 0.2) is 5.17 Å². The summed E-state index contributed by atoms with van der Waals surface area (Å²) in [6.07, 6.45) is 0. The molecule has 0 saturated carbocycles. The number of para-hydroxylation sites is 1. The summed E-state index contributed by atoms with van der Waals surface area (Å²) in [5.74, 6) is 0.584. The van der Waals surface area contributed by atoms with Crippen molar-refractivity contribution < 1.29 is 9.94 Å². The Labute approximate surface area is 75.2 Å². The maximum Gasteiger partial charge on any atom is 0.179 e. The predicted molar refractivity (Wildman–Crippen MR) is 47.2 cm³/mol. The first kappa shape index (κ1) is 8.87. The molecule has 0 unspecified atom stereocenters. The van der Waals surface area contributed by atoms with E-state index in [0.717, 1.165) is 0 Å². The molecule has 0 amide bonds. The van der Waals surface area contributed by atoms with Gasteiger partial charge in [0.05, 0.1) is 12.7 Å². The molecule has 0 spiro atoms. The lowest BCUT2D eigenvalue weighted by Gasteiger charge is -2.03. The van der Waals surface area contributed by atoms with Crippen molar-refractivity contribution in [2.24, 2.45) is 5.16 Å². The van der Waals surface area contributed by atoms with E-state index in [1.165, 1.54) is 7.11 Å². The van der Waals surface area contributed by atoms with E-state index in [-0.39, 0.29) is 5.17 Å². The van der Waals surface area contributed by atoms with Gasteiger partial charge in [-0.05, 0) is 12.1 Å². The van der Waals surface area contributed by atoms with Crippen LogP contribution < -0.4 is 4.74 Å². The van der Waals surface area contributed by atoms with Crippen LogP contribution in [0, 0.1) is 0 Å². The number of benzene rings is 1. The Hall–Kier alpha value is -1.22. The largest absolute Gasteiger partial charge is 0.496 e. The van der Waals surface area contributed by atoms with Crippen LogP contribution in [0.4, 0.5) is 0 Å². The Balaban J connectivity index is 3.13. The summed E-state index contributed by atoms with van der Waals surface area (Å²) in [5.41, 5.74) is 0.573. The second-order valence-corrected chi connectivity index (χ2v) is 2.45. The molecular formula is C8H8ClNO2. The van der Waals surface area contributed by atoms with Crippen molar-refractivity contribution in [3.63, 3.8) is 0 Å². The number of hydrogen-bond donors (Lipinski definition) is 1. The fraction of sp³-hybridized carbons (Fsp3) is 0.125. The van der Waals surface area contributed by atoms with Crippen LogP contribution in [0.3, 0.4) is 0 Å². The molecule has 4 heteroatoms. The van der Waals surface area contributed by atoms with E-state index in [9.17, 15) is 0 Å². The van der Waals surface area contributed by atoms with E-state index < -0.39 is 0 Å². The average molecular weight is 186 g/mol. The third-order valence-electron chi connectivity index (χ3n) is 1.42. The lowest BCUT2D eigenvalue weighted by Crippen LogP contribution is -1.95. The number of nitrogens with zero attached hydrogens (tertiary/aromatic N) is 1. The van der Waals surface area contributed by atoms with Crippen molar-refractivity contribution in [2.75, 3.05) is 7.11 Å². The molecular weight excluding hydrogens is 178 g/mol. The molecule has 64 valence electrons. The van der Waals surface area contributed by atoms with Crippen LogP contribution in [0.1, 0.15) is 5.56 Å². The molecule has 1 aromatic carbocycles. The highest BCUT2D eigenvalue weighted by Crippen LogP contribution is 2.19. The summed E-state index contributed by atoms with van der Waals surface area (Å²) in [6, 6.07) is 7.04. The molecule has 0 fully saturated rings. The Bertz CT molecular complexity index is 299. The molecule has 0 aliphatic rings. The van der Waals surface area contributed by atoms with Gasteiger partial charge in [-0.25, -0.2) is 0 Å². The Kier molecular flexibility index (Phi) is 2.94. The predicted octanol–water partition coefficient (Wildman–Crippen LogP) is 2.07. The van der Waals surface area contributed by atoms with Crippen LogP contribution in [0.25, 0.3) is 0 Å². The van der Waals surface area contributed by atoms with Gasteiger partial charge in [-0.3, -0.25) is 0 Å². The van der Waals surface area contributed by atoms with Gasteiger partial charge in [0, 0.05) is 0 Å². The molecule has 1 aromatic rings. The van der Waals surface area contributed by atoms with Crippen molar-refractivity contribution in [2.45, 2.75) is 0 Å². The maximum atomic E-state index is 8.41.